The number of aryl methyl sites for hydroxylation is 1. The average molecular weight is 297 g/mol. The Bertz CT molecular complexity index is 517. The highest BCUT2D eigenvalue weighted by atomic mass is 32.1. The molecule has 1 atom stereocenters. The number of amides is 2. The van der Waals surface area contributed by atoms with Gasteiger partial charge in [0.2, 0.25) is 0 Å². The summed E-state index contributed by atoms with van der Waals surface area (Å²) in [4.78, 5) is 30.4. The molecule has 0 radical (unpaired) electrons. The fraction of sp³-hybridized carbons (Fsp3) is 0.615. The molecule has 20 heavy (non-hydrogen) atoms. The molecule has 2 rings (SSSR count). The van der Waals surface area contributed by atoms with Gasteiger partial charge in [-0.05, 0) is 33.1 Å². The number of nitrogens with one attached hydrogen (secondary N) is 1. The summed E-state index contributed by atoms with van der Waals surface area (Å²) < 4.78 is 0. The maximum atomic E-state index is 12.2. The first kappa shape index (κ1) is 14.8. The van der Waals surface area contributed by atoms with E-state index in [1.807, 2.05) is 6.92 Å². The highest BCUT2D eigenvalue weighted by molar-refractivity contribution is 7.11. The van der Waals surface area contributed by atoms with Gasteiger partial charge in [-0.15, -0.1) is 11.3 Å². The van der Waals surface area contributed by atoms with Crippen molar-refractivity contribution in [2.75, 3.05) is 6.54 Å². The number of carboxylic acids is 1. The van der Waals surface area contributed by atoms with Gasteiger partial charge >= 0.3 is 12.0 Å². The van der Waals surface area contributed by atoms with Gasteiger partial charge in [-0.1, -0.05) is 0 Å². The average Bonchev–Trinajstić information content (AvgIpc) is 2.82. The normalized spacial score (nSPS) is 22.6. The molecule has 1 saturated heterocycles. The van der Waals surface area contributed by atoms with Crippen LogP contribution in [0.4, 0.5) is 4.79 Å². The molecular formula is C13H19N3O3S. The maximum Gasteiger partial charge on any atom is 0.329 e. The fourth-order valence-corrected chi connectivity index (χ4v) is 3.13. The smallest absolute Gasteiger partial charge is 0.329 e. The van der Waals surface area contributed by atoms with E-state index in [0.29, 0.717) is 19.5 Å². The van der Waals surface area contributed by atoms with Crippen molar-refractivity contribution in [3.8, 4) is 0 Å². The van der Waals surface area contributed by atoms with Gasteiger partial charge in [-0.25, -0.2) is 14.6 Å². The van der Waals surface area contributed by atoms with Gasteiger partial charge in [0.25, 0.3) is 0 Å². The Morgan fingerprint density at radius 2 is 2.30 bits per heavy atom. The van der Waals surface area contributed by atoms with Crippen LogP contribution < -0.4 is 5.32 Å². The SMILES string of the molecule is Cc1cnc(CNC(=O)N2CCCCC2(C)C(=O)O)s1. The number of urea groups is 1. The first-order valence-electron chi connectivity index (χ1n) is 6.63. The van der Waals surface area contributed by atoms with E-state index < -0.39 is 11.5 Å². The van der Waals surface area contributed by atoms with Gasteiger partial charge in [0.15, 0.2) is 0 Å². The molecule has 2 N–H and O–H groups in total. The fourth-order valence-electron chi connectivity index (χ4n) is 2.40. The summed E-state index contributed by atoms with van der Waals surface area (Å²) in [6, 6.07) is -0.331. The van der Waals surface area contributed by atoms with Crippen molar-refractivity contribution in [3.05, 3.63) is 16.1 Å². The molecule has 1 aliphatic rings. The largest absolute Gasteiger partial charge is 0.480 e. The molecule has 0 aliphatic carbocycles. The van der Waals surface area contributed by atoms with Gasteiger partial charge in [-0.2, -0.15) is 0 Å². The summed E-state index contributed by atoms with van der Waals surface area (Å²) in [6.07, 6.45) is 3.92. The second-order valence-corrected chi connectivity index (χ2v) is 6.53. The molecule has 0 aromatic carbocycles. The molecule has 1 unspecified atom stereocenters. The zero-order valence-corrected chi connectivity index (χ0v) is 12.5. The number of carbonyl (C=O) groups is 2. The van der Waals surface area contributed by atoms with E-state index in [-0.39, 0.29) is 6.03 Å². The lowest BCUT2D eigenvalue weighted by Gasteiger charge is -2.41. The molecule has 1 aliphatic heterocycles. The summed E-state index contributed by atoms with van der Waals surface area (Å²) in [5.41, 5.74) is -1.11. The predicted molar refractivity (Wildman–Crippen MR) is 75.7 cm³/mol. The van der Waals surface area contributed by atoms with Crippen LogP contribution in [0.5, 0.6) is 0 Å². The maximum absolute atomic E-state index is 12.2. The number of aliphatic carboxylic acids is 1. The Labute approximate surface area is 121 Å². The van der Waals surface area contributed by atoms with Crippen molar-refractivity contribution >= 4 is 23.3 Å². The molecule has 0 spiro atoms. The van der Waals surface area contributed by atoms with Gasteiger partial charge in [0, 0.05) is 17.6 Å². The number of rotatable bonds is 3. The van der Waals surface area contributed by atoms with E-state index in [1.54, 1.807) is 13.1 Å². The van der Waals surface area contributed by atoms with Crippen LogP contribution in [0, 0.1) is 6.92 Å². The van der Waals surface area contributed by atoms with Crippen molar-refractivity contribution < 1.29 is 14.7 Å². The van der Waals surface area contributed by atoms with Crippen LogP contribution in [0.15, 0.2) is 6.20 Å². The number of nitrogens with zero attached hydrogens (tertiary/aromatic N) is 2. The lowest BCUT2D eigenvalue weighted by Crippen LogP contribution is -2.59. The number of aromatic nitrogens is 1. The molecule has 2 heterocycles. The number of piperidine rings is 1. The van der Waals surface area contributed by atoms with E-state index in [4.69, 9.17) is 0 Å². The quantitative estimate of drug-likeness (QED) is 0.894. The highest BCUT2D eigenvalue weighted by Crippen LogP contribution is 2.28. The minimum Gasteiger partial charge on any atom is -0.480 e. The van der Waals surface area contributed by atoms with Crippen LogP contribution in [-0.4, -0.2) is 39.1 Å². The Morgan fingerprint density at radius 1 is 1.55 bits per heavy atom. The molecule has 1 aromatic rings. The standard InChI is InChI=1S/C13H19N3O3S/c1-9-7-14-10(20-9)8-15-12(19)16-6-4-3-5-13(16,2)11(17)18/h7H,3-6,8H2,1-2H3,(H,15,19)(H,17,18). The second-order valence-electron chi connectivity index (χ2n) is 5.21. The number of carboxylic acid groups (broad SMARTS) is 1. The lowest BCUT2D eigenvalue weighted by atomic mass is 9.89. The molecule has 7 heteroatoms. The van der Waals surface area contributed by atoms with Gasteiger partial charge in [0.1, 0.15) is 10.5 Å². The van der Waals surface area contributed by atoms with E-state index in [9.17, 15) is 14.7 Å². The number of carbonyl (C=O) groups excluding carboxylic acids is 1. The third-order valence-electron chi connectivity index (χ3n) is 3.66. The van der Waals surface area contributed by atoms with Crippen molar-refractivity contribution in [1.82, 2.24) is 15.2 Å². The first-order valence-corrected chi connectivity index (χ1v) is 7.45. The van der Waals surface area contributed by atoms with Crippen LogP contribution in [-0.2, 0) is 11.3 Å². The van der Waals surface area contributed by atoms with E-state index in [1.165, 1.54) is 16.2 Å². The van der Waals surface area contributed by atoms with Crippen molar-refractivity contribution in [2.45, 2.75) is 45.2 Å². The summed E-state index contributed by atoms with van der Waals surface area (Å²) in [7, 11) is 0. The third-order valence-corrected chi connectivity index (χ3v) is 4.57. The molecular weight excluding hydrogens is 278 g/mol. The molecule has 2 amide bonds. The Hall–Kier alpha value is -1.63. The summed E-state index contributed by atoms with van der Waals surface area (Å²) >= 11 is 1.52. The van der Waals surface area contributed by atoms with Crippen LogP contribution in [0.3, 0.4) is 0 Å². The van der Waals surface area contributed by atoms with E-state index in [0.717, 1.165) is 22.7 Å². The summed E-state index contributed by atoms with van der Waals surface area (Å²) in [5.74, 6) is -0.947. The minimum absolute atomic E-state index is 0.331. The number of hydrogen-bond acceptors (Lipinski definition) is 4. The van der Waals surface area contributed by atoms with Crippen LogP contribution in [0.2, 0.25) is 0 Å². The zero-order chi connectivity index (χ0) is 14.8. The zero-order valence-electron chi connectivity index (χ0n) is 11.7. The third kappa shape index (κ3) is 2.92. The lowest BCUT2D eigenvalue weighted by molar-refractivity contribution is -0.150. The van der Waals surface area contributed by atoms with Crippen LogP contribution in [0.1, 0.15) is 36.1 Å². The first-order chi connectivity index (χ1) is 9.43. The number of likely N-dealkylation sites (tertiary alicyclic amines) is 1. The van der Waals surface area contributed by atoms with Gasteiger partial charge in [0.05, 0.1) is 6.54 Å². The van der Waals surface area contributed by atoms with Crippen molar-refractivity contribution in [1.29, 1.82) is 0 Å². The number of thiazole rings is 1. The second kappa shape index (κ2) is 5.78. The minimum atomic E-state index is -1.11. The van der Waals surface area contributed by atoms with Gasteiger partial charge < -0.3 is 15.3 Å². The molecule has 0 saturated carbocycles. The molecule has 1 aromatic heterocycles. The summed E-state index contributed by atoms with van der Waals surface area (Å²) in [5, 5.41) is 13.0. The van der Waals surface area contributed by atoms with Gasteiger partial charge in [-0.3, -0.25) is 0 Å². The molecule has 110 valence electrons. The molecule has 6 nitrogen and oxygen atoms in total. The Kier molecular flexibility index (Phi) is 4.27. The highest BCUT2D eigenvalue weighted by Gasteiger charge is 2.43. The summed E-state index contributed by atoms with van der Waals surface area (Å²) in [6.45, 7) is 4.38. The molecule has 0 bridgehead atoms. The van der Waals surface area contributed by atoms with Crippen LogP contribution in [0.25, 0.3) is 0 Å². The number of hydrogen-bond donors (Lipinski definition) is 2. The van der Waals surface area contributed by atoms with Crippen molar-refractivity contribution in [2.24, 2.45) is 0 Å². The van der Waals surface area contributed by atoms with E-state index in [2.05, 4.69) is 10.3 Å². The van der Waals surface area contributed by atoms with Crippen LogP contribution >= 0.6 is 11.3 Å². The Morgan fingerprint density at radius 3 is 2.90 bits per heavy atom. The topological polar surface area (TPSA) is 82.5 Å². The predicted octanol–water partition coefficient (Wildman–Crippen LogP) is 1.99. The van der Waals surface area contributed by atoms with E-state index >= 15 is 0 Å². The van der Waals surface area contributed by atoms with Crippen molar-refractivity contribution in [3.63, 3.8) is 0 Å². The monoisotopic (exact) mass is 297 g/mol. The molecule has 1 fully saturated rings. The Balaban J connectivity index is 2.01.